The molecule has 7 nitrogen and oxygen atoms in total. The number of anilines is 1. The van der Waals surface area contributed by atoms with Crippen molar-refractivity contribution < 1.29 is 14.1 Å². The van der Waals surface area contributed by atoms with Gasteiger partial charge < -0.3 is 14.2 Å². The molecule has 7 heteroatoms. The number of carbonyl (C=O) groups excluding carboxylic acids is 1. The number of hydrogen-bond acceptors (Lipinski definition) is 7. The first kappa shape index (κ1) is 16.3. The molecule has 0 bridgehead atoms. The number of esters is 1. The Kier molecular flexibility index (Phi) is 4.35. The minimum atomic E-state index is -0.528. The van der Waals surface area contributed by atoms with Gasteiger partial charge in [-0.2, -0.15) is 4.98 Å². The lowest BCUT2D eigenvalue weighted by molar-refractivity contribution is 0.0517. The molecule has 0 fully saturated rings. The normalized spacial score (nSPS) is 14.3. The summed E-state index contributed by atoms with van der Waals surface area (Å²) in [4.78, 5) is 22.7. The van der Waals surface area contributed by atoms with Gasteiger partial charge in [-0.15, -0.1) is 0 Å². The van der Waals surface area contributed by atoms with Gasteiger partial charge in [0.05, 0.1) is 6.61 Å². The molecule has 0 spiro atoms. The summed E-state index contributed by atoms with van der Waals surface area (Å²) in [5, 5.41) is 4.34. The number of ether oxygens (including phenoxy) is 1. The lowest BCUT2D eigenvalue weighted by atomic mass is 9.99. The van der Waals surface area contributed by atoms with E-state index in [-0.39, 0.29) is 18.0 Å². The van der Waals surface area contributed by atoms with Crippen molar-refractivity contribution in [3.05, 3.63) is 54.0 Å². The molecule has 1 aliphatic rings. The van der Waals surface area contributed by atoms with Gasteiger partial charge in [0.15, 0.2) is 0 Å². The molecule has 0 atom stereocenters. The summed E-state index contributed by atoms with van der Waals surface area (Å²) in [7, 11) is 0. The molecule has 1 aromatic carbocycles. The van der Waals surface area contributed by atoms with Gasteiger partial charge in [0.2, 0.25) is 5.69 Å². The molecule has 0 saturated heterocycles. The first-order chi connectivity index (χ1) is 12.8. The summed E-state index contributed by atoms with van der Waals surface area (Å²) >= 11 is 0. The van der Waals surface area contributed by atoms with Crippen LogP contribution in [0.3, 0.4) is 0 Å². The van der Waals surface area contributed by atoms with Crippen LogP contribution in [-0.4, -0.2) is 40.8 Å². The van der Waals surface area contributed by atoms with Gasteiger partial charge in [0, 0.05) is 13.1 Å². The molecule has 3 aromatic rings. The van der Waals surface area contributed by atoms with Crippen molar-refractivity contribution in [3.8, 4) is 0 Å². The van der Waals surface area contributed by atoms with Gasteiger partial charge in [0.25, 0.3) is 5.71 Å². The fourth-order valence-corrected chi connectivity index (χ4v) is 3.13. The minimum absolute atomic E-state index is 0.121. The van der Waals surface area contributed by atoms with Crippen LogP contribution in [0.5, 0.6) is 0 Å². The highest BCUT2D eigenvalue weighted by Crippen LogP contribution is 2.30. The van der Waals surface area contributed by atoms with Crippen molar-refractivity contribution >= 4 is 28.5 Å². The van der Waals surface area contributed by atoms with Gasteiger partial charge in [-0.1, -0.05) is 41.6 Å². The number of rotatable bonds is 4. The minimum Gasteiger partial charge on any atom is -0.461 e. The molecule has 4 rings (SSSR count). The number of hydrogen-bond donors (Lipinski definition) is 0. The van der Waals surface area contributed by atoms with Crippen LogP contribution in [0.25, 0.3) is 16.7 Å². The van der Waals surface area contributed by atoms with Crippen LogP contribution in [0.4, 0.5) is 5.82 Å². The lowest BCUT2D eigenvalue weighted by Gasteiger charge is -2.27. The van der Waals surface area contributed by atoms with E-state index in [1.165, 1.54) is 17.5 Å². The number of nitrogens with zero attached hydrogens (tertiary/aromatic N) is 4. The summed E-state index contributed by atoms with van der Waals surface area (Å²) < 4.78 is 10.3. The SMILES string of the molecule is CCOC(=O)c1noc2ncnc(N3CC=C(c4ccccc4)CC3)c12. The average Bonchev–Trinajstić information content (AvgIpc) is 3.13. The van der Waals surface area contributed by atoms with Crippen LogP contribution in [0, 0.1) is 0 Å². The average molecular weight is 350 g/mol. The van der Waals surface area contributed by atoms with Crippen molar-refractivity contribution in [2.24, 2.45) is 0 Å². The molecule has 0 radical (unpaired) electrons. The van der Waals surface area contributed by atoms with Gasteiger partial charge >= 0.3 is 5.97 Å². The van der Waals surface area contributed by atoms with Crippen LogP contribution in [-0.2, 0) is 4.74 Å². The van der Waals surface area contributed by atoms with Crippen molar-refractivity contribution in [1.82, 2.24) is 15.1 Å². The van der Waals surface area contributed by atoms with E-state index in [4.69, 9.17) is 9.26 Å². The van der Waals surface area contributed by atoms with E-state index >= 15 is 0 Å². The maximum atomic E-state index is 12.2. The van der Waals surface area contributed by atoms with Crippen molar-refractivity contribution in [2.45, 2.75) is 13.3 Å². The van der Waals surface area contributed by atoms with Crippen LogP contribution in [0.2, 0.25) is 0 Å². The third-order valence-electron chi connectivity index (χ3n) is 4.37. The Morgan fingerprint density at radius 2 is 2.12 bits per heavy atom. The van der Waals surface area contributed by atoms with E-state index in [0.717, 1.165) is 13.0 Å². The Balaban J connectivity index is 1.66. The molecule has 0 N–H and O–H groups in total. The second kappa shape index (κ2) is 6.95. The zero-order valence-electron chi connectivity index (χ0n) is 14.4. The number of aromatic nitrogens is 3. The second-order valence-electron chi connectivity index (χ2n) is 5.92. The van der Waals surface area contributed by atoms with Crippen LogP contribution < -0.4 is 4.90 Å². The third-order valence-corrected chi connectivity index (χ3v) is 4.37. The molecule has 2 aromatic heterocycles. The summed E-state index contributed by atoms with van der Waals surface area (Å²) in [6, 6.07) is 10.3. The lowest BCUT2D eigenvalue weighted by Crippen LogP contribution is -2.29. The number of benzene rings is 1. The highest BCUT2D eigenvalue weighted by Gasteiger charge is 2.25. The standard InChI is InChI=1S/C19H18N4O3/c1-2-25-19(24)16-15-17(20-12-21-18(15)26-22-16)23-10-8-14(9-11-23)13-6-4-3-5-7-13/h3-8,12H,2,9-11H2,1H3. The largest absolute Gasteiger partial charge is 0.461 e. The van der Waals surface area contributed by atoms with Gasteiger partial charge in [-0.25, -0.2) is 9.78 Å². The fraction of sp³-hybridized carbons (Fsp3) is 0.263. The molecule has 132 valence electrons. The number of carbonyl (C=O) groups is 1. The Bertz CT molecular complexity index is 965. The maximum absolute atomic E-state index is 12.2. The smallest absolute Gasteiger partial charge is 0.361 e. The molecule has 26 heavy (non-hydrogen) atoms. The Hall–Kier alpha value is -3.22. The van der Waals surface area contributed by atoms with E-state index in [2.05, 4.69) is 38.2 Å². The van der Waals surface area contributed by atoms with E-state index in [0.29, 0.717) is 17.7 Å². The van der Waals surface area contributed by atoms with Gasteiger partial charge in [0.1, 0.15) is 17.5 Å². The Morgan fingerprint density at radius 3 is 2.85 bits per heavy atom. The first-order valence-corrected chi connectivity index (χ1v) is 8.55. The molecule has 3 heterocycles. The Morgan fingerprint density at radius 1 is 1.27 bits per heavy atom. The molecule has 0 aliphatic carbocycles. The number of fused-ring (bicyclic) bond motifs is 1. The zero-order chi connectivity index (χ0) is 17.9. The quantitative estimate of drug-likeness (QED) is 0.669. The molecule has 1 aliphatic heterocycles. The molecule has 0 amide bonds. The molecule has 0 unspecified atom stereocenters. The summed E-state index contributed by atoms with van der Waals surface area (Å²) in [5.74, 6) is 0.113. The first-order valence-electron chi connectivity index (χ1n) is 8.55. The van der Waals surface area contributed by atoms with E-state index in [1.54, 1.807) is 6.92 Å². The Labute approximate surface area is 150 Å². The second-order valence-corrected chi connectivity index (χ2v) is 5.92. The molecule has 0 saturated carbocycles. The van der Waals surface area contributed by atoms with Gasteiger partial charge in [-0.05, 0) is 24.5 Å². The van der Waals surface area contributed by atoms with E-state index < -0.39 is 5.97 Å². The predicted molar refractivity (Wildman–Crippen MR) is 96.8 cm³/mol. The summed E-state index contributed by atoms with van der Waals surface area (Å²) in [5.41, 5.74) is 2.95. The summed E-state index contributed by atoms with van der Waals surface area (Å²) in [6.45, 7) is 3.48. The van der Waals surface area contributed by atoms with Crippen LogP contribution in [0.1, 0.15) is 29.4 Å². The topological polar surface area (TPSA) is 81.3 Å². The highest BCUT2D eigenvalue weighted by molar-refractivity contribution is 6.04. The predicted octanol–water partition coefficient (Wildman–Crippen LogP) is 3.09. The summed E-state index contributed by atoms with van der Waals surface area (Å²) in [6.07, 6.45) is 4.49. The van der Waals surface area contributed by atoms with Crippen LogP contribution in [0.15, 0.2) is 47.3 Å². The fourth-order valence-electron chi connectivity index (χ4n) is 3.13. The van der Waals surface area contributed by atoms with Crippen molar-refractivity contribution in [3.63, 3.8) is 0 Å². The molecular weight excluding hydrogens is 332 g/mol. The van der Waals surface area contributed by atoms with E-state index in [9.17, 15) is 4.79 Å². The van der Waals surface area contributed by atoms with E-state index in [1.807, 2.05) is 18.2 Å². The highest BCUT2D eigenvalue weighted by atomic mass is 16.5. The van der Waals surface area contributed by atoms with Crippen LogP contribution >= 0.6 is 0 Å². The molecular formula is C19H18N4O3. The van der Waals surface area contributed by atoms with Crippen molar-refractivity contribution in [1.29, 1.82) is 0 Å². The monoisotopic (exact) mass is 350 g/mol. The van der Waals surface area contributed by atoms with Gasteiger partial charge in [-0.3, -0.25) is 0 Å². The van der Waals surface area contributed by atoms with Crippen molar-refractivity contribution in [2.75, 3.05) is 24.6 Å². The zero-order valence-corrected chi connectivity index (χ0v) is 14.4. The third kappa shape index (κ3) is 2.92. The maximum Gasteiger partial charge on any atom is 0.361 e.